The molecule has 0 bridgehead atoms. The monoisotopic (exact) mass is 329 g/mol. The van der Waals surface area contributed by atoms with Gasteiger partial charge in [0.25, 0.3) is 0 Å². The van der Waals surface area contributed by atoms with E-state index in [-0.39, 0.29) is 5.82 Å². The first kappa shape index (κ1) is 14.9. The minimum atomic E-state index is -0.174. The number of halogens is 2. The highest BCUT2D eigenvalue weighted by Crippen LogP contribution is 2.22. The van der Waals surface area contributed by atoms with E-state index in [1.54, 1.807) is 12.1 Å². The molecule has 0 aliphatic carbocycles. The van der Waals surface area contributed by atoms with Gasteiger partial charge in [-0.2, -0.15) is 0 Å². The number of benzene rings is 1. The van der Waals surface area contributed by atoms with E-state index < -0.39 is 0 Å². The summed E-state index contributed by atoms with van der Waals surface area (Å²) >= 11 is 3.49. The Morgan fingerprint density at radius 3 is 3.05 bits per heavy atom. The second-order valence-corrected chi connectivity index (χ2v) is 5.99. The average Bonchev–Trinajstić information content (AvgIpc) is 2.91. The molecular formula is C15H21BrFNO. The predicted octanol–water partition coefficient (Wildman–Crippen LogP) is 3.68. The summed E-state index contributed by atoms with van der Waals surface area (Å²) in [5, 5.41) is 3.32. The van der Waals surface area contributed by atoms with Crippen LogP contribution in [-0.2, 0) is 11.2 Å². The topological polar surface area (TPSA) is 21.3 Å². The summed E-state index contributed by atoms with van der Waals surface area (Å²) in [6.45, 7) is 0.907. The molecule has 1 aliphatic heterocycles. The van der Waals surface area contributed by atoms with Crippen molar-refractivity contribution in [1.29, 1.82) is 0 Å². The molecule has 2 atom stereocenters. The maximum Gasteiger partial charge on any atom is 0.123 e. The van der Waals surface area contributed by atoms with Gasteiger partial charge < -0.3 is 10.1 Å². The van der Waals surface area contributed by atoms with Gasteiger partial charge in [-0.15, -0.1) is 0 Å². The smallest absolute Gasteiger partial charge is 0.123 e. The Hall–Kier alpha value is -0.450. The third kappa shape index (κ3) is 4.55. The zero-order valence-corrected chi connectivity index (χ0v) is 12.9. The summed E-state index contributed by atoms with van der Waals surface area (Å²) < 4.78 is 19.9. The largest absolute Gasteiger partial charge is 0.378 e. The van der Waals surface area contributed by atoms with Crippen LogP contribution < -0.4 is 5.32 Å². The number of likely N-dealkylation sites (N-methyl/N-ethyl adjacent to an activating group) is 1. The van der Waals surface area contributed by atoms with Gasteiger partial charge in [-0.3, -0.25) is 0 Å². The summed E-state index contributed by atoms with van der Waals surface area (Å²) in [4.78, 5) is 0. The Bertz CT molecular complexity index is 407. The number of nitrogens with one attached hydrogen (secondary N) is 1. The number of ether oxygens (including phenoxy) is 1. The van der Waals surface area contributed by atoms with Gasteiger partial charge >= 0.3 is 0 Å². The van der Waals surface area contributed by atoms with E-state index in [1.165, 1.54) is 18.9 Å². The van der Waals surface area contributed by atoms with Crippen molar-refractivity contribution in [3.05, 3.63) is 34.1 Å². The van der Waals surface area contributed by atoms with Crippen LogP contribution in [0.3, 0.4) is 0 Å². The molecule has 106 valence electrons. The van der Waals surface area contributed by atoms with Gasteiger partial charge in [0, 0.05) is 17.1 Å². The third-order valence-electron chi connectivity index (χ3n) is 3.74. The summed E-state index contributed by atoms with van der Waals surface area (Å²) in [7, 11) is 1.97. The summed E-state index contributed by atoms with van der Waals surface area (Å²) in [5.74, 6) is -0.174. The number of hydrogen-bond acceptors (Lipinski definition) is 2. The Morgan fingerprint density at radius 1 is 1.53 bits per heavy atom. The second kappa shape index (κ2) is 7.36. The standard InChI is InChI=1S/C15H21BrFNO/c1-18-13(5-6-14-3-2-8-19-14)10-11-9-12(17)4-7-15(11)16/h4,7,9,13-14,18H,2-3,5-6,8,10H2,1H3. The molecule has 1 aromatic rings. The SMILES string of the molecule is CNC(CCC1CCCO1)Cc1cc(F)ccc1Br. The molecule has 4 heteroatoms. The van der Waals surface area contributed by atoms with Crippen LogP contribution in [0.5, 0.6) is 0 Å². The van der Waals surface area contributed by atoms with Crippen LogP contribution in [0.2, 0.25) is 0 Å². The normalized spacial score (nSPS) is 20.7. The van der Waals surface area contributed by atoms with Gasteiger partial charge in [0.1, 0.15) is 5.82 Å². The fourth-order valence-corrected chi connectivity index (χ4v) is 2.98. The van der Waals surface area contributed by atoms with Gasteiger partial charge in [0.15, 0.2) is 0 Å². The molecule has 0 amide bonds. The van der Waals surface area contributed by atoms with E-state index in [1.807, 2.05) is 7.05 Å². The Morgan fingerprint density at radius 2 is 2.37 bits per heavy atom. The Labute approximate surface area is 122 Å². The van der Waals surface area contributed by atoms with Gasteiger partial charge in [-0.1, -0.05) is 15.9 Å². The van der Waals surface area contributed by atoms with Gasteiger partial charge in [-0.25, -0.2) is 4.39 Å². The van der Waals surface area contributed by atoms with Crippen molar-refractivity contribution in [2.45, 2.75) is 44.2 Å². The molecule has 1 aromatic carbocycles. The lowest BCUT2D eigenvalue weighted by molar-refractivity contribution is 0.0998. The van der Waals surface area contributed by atoms with Crippen LogP contribution in [0.4, 0.5) is 4.39 Å². The van der Waals surface area contributed by atoms with Crippen LogP contribution >= 0.6 is 15.9 Å². The fraction of sp³-hybridized carbons (Fsp3) is 0.600. The van der Waals surface area contributed by atoms with E-state index in [0.717, 1.165) is 35.9 Å². The van der Waals surface area contributed by atoms with Crippen molar-refractivity contribution >= 4 is 15.9 Å². The summed E-state index contributed by atoms with van der Waals surface area (Å²) in [5.41, 5.74) is 1.02. The van der Waals surface area contributed by atoms with Gasteiger partial charge in [0.05, 0.1) is 6.10 Å². The van der Waals surface area contributed by atoms with Crippen molar-refractivity contribution in [3.8, 4) is 0 Å². The number of hydrogen-bond donors (Lipinski definition) is 1. The van der Waals surface area contributed by atoms with Crippen molar-refractivity contribution in [2.75, 3.05) is 13.7 Å². The van der Waals surface area contributed by atoms with Crippen LogP contribution in [0.15, 0.2) is 22.7 Å². The molecule has 1 heterocycles. The van der Waals surface area contributed by atoms with E-state index >= 15 is 0 Å². The van der Waals surface area contributed by atoms with Crippen molar-refractivity contribution in [2.24, 2.45) is 0 Å². The van der Waals surface area contributed by atoms with Crippen LogP contribution in [0.25, 0.3) is 0 Å². The maximum absolute atomic E-state index is 13.3. The van der Waals surface area contributed by atoms with Crippen molar-refractivity contribution < 1.29 is 9.13 Å². The van der Waals surface area contributed by atoms with Crippen LogP contribution in [-0.4, -0.2) is 25.8 Å². The zero-order valence-electron chi connectivity index (χ0n) is 11.3. The molecule has 19 heavy (non-hydrogen) atoms. The Kier molecular flexibility index (Phi) is 5.79. The zero-order chi connectivity index (χ0) is 13.7. The molecule has 0 radical (unpaired) electrons. The van der Waals surface area contributed by atoms with Crippen LogP contribution in [0.1, 0.15) is 31.2 Å². The number of rotatable bonds is 6. The molecule has 0 aromatic heterocycles. The first-order valence-electron chi connectivity index (χ1n) is 6.92. The Balaban J connectivity index is 1.88. The van der Waals surface area contributed by atoms with E-state index in [2.05, 4.69) is 21.2 Å². The average molecular weight is 330 g/mol. The lowest BCUT2D eigenvalue weighted by Gasteiger charge is -2.19. The van der Waals surface area contributed by atoms with Crippen LogP contribution in [0, 0.1) is 5.82 Å². The predicted molar refractivity (Wildman–Crippen MR) is 78.9 cm³/mol. The highest BCUT2D eigenvalue weighted by atomic mass is 79.9. The van der Waals surface area contributed by atoms with E-state index in [0.29, 0.717) is 12.1 Å². The van der Waals surface area contributed by atoms with E-state index in [9.17, 15) is 4.39 Å². The van der Waals surface area contributed by atoms with E-state index in [4.69, 9.17) is 4.74 Å². The highest BCUT2D eigenvalue weighted by molar-refractivity contribution is 9.10. The molecule has 1 saturated heterocycles. The van der Waals surface area contributed by atoms with Gasteiger partial charge in [-0.05, 0) is 62.9 Å². The second-order valence-electron chi connectivity index (χ2n) is 5.14. The molecular weight excluding hydrogens is 309 g/mol. The molecule has 2 rings (SSSR count). The molecule has 1 fully saturated rings. The van der Waals surface area contributed by atoms with Gasteiger partial charge in [0.2, 0.25) is 0 Å². The maximum atomic E-state index is 13.3. The first-order valence-corrected chi connectivity index (χ1v) is 7.71. The summed E-state index contributed by atoms with van der Waals surface area (Å²) in [6, 6.07) is 5.23. The molecule has 1 aliphatic rings. The molecule has 2 unspecified atom stereocenters. The molecule has 2 nitrogen and oxygen atoms in total. The first-order chi connectivity index (χ1) is 9.19. The van der Waals surface area contributed by atoms with Crippen molar-refractivity contribution in [1.82, 2.24) is 5.32 Å². The quantitative estimate of drug-likeness (QED) is 0.859. The molecule has 0 saturated carbocycles. The summed E-state index contributed by atoms with van der Waals surface area (Å²) in [6.07, 6.45) is 5.76. The third-order valence-corrected chi connectivity index (χ3v) is 4.52. The molecule has 0 spiro atoms. The minimum Gasteiger partial charge on any atom is -0.378 e. The minimum absolute atomic E-state index is 0.174. The van der Waals surface area contributed by atoms with Crippen molar-refractivity contribution in [3.63, 3.8) is 0 Å². The lowest BCUT2D eigenvalue weighted by Crippen LogP contribution is -2.29. The highest BCUT2D eigenvalue weighted by Gasteiger charge is 2.18. The lowest BCUT2D eigenvalue weighted by atomic mass is 9.99. The fourth-order valence-electron chi connectivity index (χ4n) is 2.57. The molecule has 1 N–H and O–H groups in total.